The predicted octanol–water partition coefficient (Wildman–Crippen LogP) is 9.04. The topological polar surface area (TPSA) is 35.0 Å². The van der Waals surface area contributed by atoms with E-state index >= 15 is 0 Å². The lowest BCUT2D eigenvalue weighted by molar-refractivity contribution is 0.217. The monoisotopic (exact) mass is 474 g/mol. The van der Waals surface area contributed by atoms with Gasteiger partial charge in [0.25, 0.3) is 0 Å². The lowest BCUT2D eigenvalue weighted by Gasteiger charge is -2.11. The Bertz CT molecular complexity index is 782. The number of aromatic nitrogens is 2. The molecule has 0 saturated heterocycles. The van der Waals surface area contributed by atoms with E-state index in [1.54, 1.807) is 12.1 Å². The Morgan fingerprint density at radius 3 is 2.06 bits per heavy atom. The molecule has 1 atom stereocenters. The highest BCUT2D eigenvalue weighted by atomic mass is 19.1. The molecule has 190 valence electrons. The van der Waals surface area contributed by atoms with Crippen LogP contribution in [0.4, 0.5) is 8.78 Å². The van der Waals surface area contributed by atoms with Crippen molar-refractivity contribution in [3.63, 3.8) is 0 Å². The summed E-state index contributed by atoms with van der Waals surface area (Å²) in [5.74, 6) is 0.179. The molecular formula is C29H44F2N2O. The number of hydrogen-bond donors (Lipinski definition) is 0. The van der Waals surface area contributed by atoms with Crippen molar-refractivity contribution in [2.75, 3.05) is 6.61 Å². The highest BCUT2D eigenvalue weighted by molar-refractivity contribution is 5.56. The minimum Gasteiger partial charge on any atom is -0.490 e. The first-order valence-electron chi connectivity index (χ1n) is 13.5. The van der Waals surface area contributed by atoms with Gasteiger partial charge in [0.15, 0.2) is 17.4 Å². The zero-order chi connectivity index (χ0) is 24.4. The molecule has 0 spiro atoms. The number of hydrogen-bond acceptors (Lipinski definition) is 3. The van der Waals surface area contributed by atoms with Crippen LogP contribution in [-0.4, -0.2) is 22.7 Å². The fourth-order valence-electron chi connectivity index (χ4n) is 4.09. The van der Waals surface area contributed by atoms with Gasteiger partial charge in [0.05, 0.1) is 6.61 Å². The lowest BCUT2D eigenvalue weighted by atomic mass is 10.1. The highest BCUT2D eigenvalue weighted by Crippen LogP contribution is 2.24. The average Bonchev–Trinajstić information content (AvgIpc) is 2.85. The number of halogens is 2. The van der Waals surface area contributed by atoms with E-state index in [-0.39, 0.29) is 18.8 Å². The number of unbranched alkanes of at least 4 members (excludes halogenated alkanes) is 10. The van der Waals surface area contributed by atoms with E-state index in [4.69, 9.17) is 4.74 Å². The zero-order valence-electron chi connectivity index (χ0n) is 21.3. The SMILES string of the molecule is CCCCCCCCCc1cnc(-c2ccc(OCCC(F)CCCCCCC)c(F)c2)nc1. The molecule has 34 heavy (non-hydrogen) atoms. The fourth-order valence-corrected chi connectivity index (χ4v) is 4.09. The summed E-state index contributed by atoms with van der Waals surface area (Å²) in [7, 11) is 0. The Balaban J connectivity index is 1.71. The second-order valence-corrected chi connectivity index (χ2v) is 9.37. The molecule has 1 heterocycles. The van der Waals surface area contributed by atoms with Crippen LogP contribution in [0.25, 0.3) is 11.4 Å². The maximum absolute atomic E-state index is 14.5. The summed E-state index contributed by atoms with van der Waals surface area (Å²) in [5.41, 5.74) is 1.73. The van der Waals surface area contributed by atoms with Gasteiger partial charge in [-0.15, -0.1) is 0 Å². The first-order chi connectivity index (χ1) is 16.6. The largest absolute Gasteiger partial charge is 0.490 e. The van der Waals surface area contributed by atoms with Gasteiger partial charge in [-0.25, -0.2) is 18.7 Å². The third-order valence-electron chi connectivity index (χ3n) is 6.27. The zero-order valence-corrected chi connectivity index (χ0v) is 21.3. The van der Waals surface area contributed by atoms with Gasteiger partial charge in [-0.1, -0.05) is 84.5 Å². The van der Waals surface area contributed by atoms with Crippen molar-refractivity contribution in [1.82, 2.24) is 9.97 Å². The molecular weight excluding hydrogens is 430 g/mol. The maximum atomic E-state index is 14.5. The van der Waals surface area contributed by atoms with Gasteiger partial charge >= 0.3 is 0 Å². The smallest absolute Gasteiger partial charge is 0.165 e. The predicted molar refractivity (Wildman–Crippen MR) is 138 cm³/mol. The first kappa shape index (κ1) is 28.2. The summed E-state index contributed by atoms with van der Waals surface area (Å²) in [6.07, 6.45) is 19.1. The number of alkyl halides is 1. The van der Waals surface area contributed by atoms with Gasteiger partial charge in [0, 0.05) is 24.4 Å². The lowest BCUT2D eigenvalue weighted by Crippen LogP contribution is -2.08. The molecule has 5 heteroatoms. The second-order valence-electron chi connectivity index (χ2n) is 9.37. The molecule has 1 unspecified atom stereocenters. The van der Waals surface area contributed by atoms with Crippen molar-refractivity contribution in [1.29, 1.82) is 0 Å². The number of nitrogens with zero attached hydrogens (tertiary/aromatic N) is 2. The van der Waals surface area contributed by atoms with E-state index in [1.807, 2.05) is 12.4 Å². The first-order valence-corrected chi connectivity index (χ1v) is 13.5. The minimum absolute atomic E-state index is 0.148. The van der Waals surface area contributed by atoms with Gasteiger partial charge in [0.1, 0.15) is 6.17 Å². The minimum atomic E-state index is -0.892. The molecule has 0 aliphatic carbocycles. The molecule has 2 rings (SSSR count). The molecule has 0 amide bonds. The number of rotatable bonds is 19. The molecule has 0 bridgehead atoms. The van der Waals surface area contributed by atoms with Gasteiger partial charge < -0.3 is 4.74 Å². The molecule has 0 saturated carbocycles. The Morgan fingerprint density at radius 2 is 1.41 bits per heavy atom. The number of aryl methyl sites for hydroxylation is 1. The van der Waals surface area contributed by atoms with Crippen molar-refractivity contribution in [3.05, 3.63) is 42.0 Å². The molecule has 0 fully saturated rings. The molecule has 3 nitrogen and oxygen atoms in total. The van der Waals surface area contributed by atoms with Crippen LogP contribution in [-0.2, 0) is 6.42 Å². The van der Waals surface area contributed by atoms with Crippen molar-refractivity contribution >= 4 is 0 Å². The standard InChI is InChI=1S/C29H44F2N2O/c1-3-5-7-9-10-12-13-15-24-22-32-29(33-23-24)25-17-18-28(27(31)21-25)34-20-19-26(30)16-14-11-8-6-4-2/h17-18,21-23,26H,3-16,19-20H2,1-2H3. The van der Waals surface area contributed by atoms with Crippen LogP contribution in [0.1, 0.15) is 109 Å². The summed E-state index contributed by atoms with van der Waals surface area (Å²) in [4.78, 5) is 8.85. The van der Waals surface area contributed by atoms with Crippen LogP contribution >= 0.6 is 0 Å². The number of ether oxygens (including phenoxy) is 1. The maximum Gasteiger partial charge on any atom is 0.165 e. The highest BCUT2D eigenvalue weighted by Gasteiger charge is 2.11. The summed E-state index contributed by atoms with van der Waals surface area (Å²) in [6.45, 7) is 4.58. The van der Waals surface area contributed by atoms with E-state index in [0.29, 0.717) is 17.8 Å². The molecule has 0 radical (unpaired) electrons. The molecule has 1 aromatic carbocycles. The van der Waals surface area contributed by atoms with E-state index in [2.05, 4.69) is 23.8 Å². The Labute approximate surface area is 205 Å². The van der Waals surface area contributed by atoms with E-state index in [0.717, 1.165) is 31.2 Å². The van der Waals surface area contributed by atoms with Crippen molar-refractivity contribution in [3.8, 4) is 17.1 Å². The number of benzene rings is 1. The summed E-state index contributed by atoms with van der Waals surface area (Å²) in [6, 6.07) is 4.73. The van der Waals surface area contributed by atoms with Gasteiger partial charge in [-0.3, -0.25) is 0 Å². The van der Waals surface area contributed by atoms with Crippen molar-refractivity contribution < 1.29 is 13.5 Å². The van der Waals surface area contributed by atoms with Gasteiger partial charge in [-0.2, -0.15) is 0 Å². The van der Waals surface area contributed by atoms with E-state index in [1.165, 1.54) is 63.9 Å². The fraction of sp³-hybridized carbons (Fsp3) is 0.655. The molecule has 0 aliphatic heterocycles. The van der Waals surface area contributed by atoms with Crippen LogP contribution in [0.5, 0.6) is 5.75 Å². The van der Waals surface area contributed by atoms with E-state index < -0.39 is 12.0 Å². The van der Waals surface area contributed by atoms with Crippen LogP contribution in [0.3, 0.4) is 0 Å². The van der Waals surface area contributed by atoms with Crippen molar-refractivity contribution in [2.24, 2.45) is 0 Å². The summed E-state index contributed by atoms with van der Waals surface area (Å²) < 4.78 is 34.0. The summed E-state index contributed by atoms with van der Waals surface area (Å²) in [5, 5.41) is 0. The third kappa shape index (κ3) is 11.4. The van der Waals surface area contributed by atoms with Crippen LogP contribution < -0.4 is 4.74 Å². The second kappa shape index (κ2) is 17.4. The van der Waals surface area contributed by atoms with Crippen LogP contribution in [0.2, 0.25) is 0 Å². The normalized spacial score (nSPS) is 12.1. The quantitative estimate of drug-likeness (QED) is 0.190. The van der Waals surface area contributed by atoms with Gasteiger partial charge in [-0.05, 0) is 43.0 Å². The molecule has 2 aromatic rings. The molecule has 0 aliphatic rings. The molecule has 0 N–H and O–H groups in total. The van der Waals surface area contributed by atoms with E-state index in [9.17, 15) is 8.78 Å². The third-order valence-corrected chi connectivity index (χ3v) is 6.27. The average molecular weight is 475 g/mol. The van der Waals surface area contributed by atoms with Crippen LogP contribution in [0.15, 0.2) is 30.6 Å². The van der Waals surface area contributed by atoms with Gasteiger partial charge in [0.2, 0.25) is 0 Å². The Hall–Kier alpha value is -2.04. The Kier molecular flexibility index (Phi) is 14.4. The van der Waals surface area contributed by atoms with Crippen LogP contribution in [0, 0.1) is 5.82 Å². The molecule has 1 aromatic heterocycles. The summed E-state index contributed by atoms with van der Waals surface area (Å²) >= 11 is 0. The van der Waals surface area contributed by atoms with Crippen molar-refractivity contribution in [2.45, 2.75) is 116 Å². The Morgan fingerprint density at radius 1 is 0.794 bits per heavy atom.